The van der Waals surface area contributed by atoms with Crippen LogP contribution in [0.3, 0.4) is 0 Å². The lowest BCUT2D eigenvalue weighted by Crippen LogP contribution is -2.65. The smallest absolute Gasteiger partial charge is 0.220 e. The molecule has 2 saturated heterocycles. The van der Waals surface area contributed by atoms with Gasteiger partial charge in [-0.15, -0.1) is 0 Å². The Morgan fingerprint density at radius 2 is 0.610 bits per heavy atom. The highest BCUT2D eigenvalue weighted by Gasteiger charge is 2.51. The molecule has 0 aliphatic carbocycles. The van der Waals surface area contributed by atoms with E-state index in [0.29, 0.717) is 12.8 Å². The maximum atomic E-state index is 13.4. The van der Waals surface area contributed by atoms with Crippen LogP contribution in [0.25, 0.3) is 0 Å². The van der Waals surface area contributed by atoms with Crippen molar-refractivity contribution in [1.29, 1.82) is 0 Å². The lowest BCUT2D eigenvalue weighted by Gasteiger charge is -2.46. The Bertz CT molecular complexity index is 1860. The number of hydrogen-bond acceptors (Lipinski definition) is 13. The van der Waals surface area contributed by atoms with Crippen LogP contribution in [-0.4, -0.2) is 140 Å². The van der Waals surface area contributed by atoms with Crippen molar-refractivity contribution in [3.05, 3.63) is 24.3 Å². The lowest BCUT2D eigenvalue weighted by molar-refractivity contribution is -0.359. The Labute approximate surface area is 647 Å². The average molecular weight is 1490 g/mol. The summed E-state index contributed by atoms with van der Waals surface area (Å²) in [4.78, 5) is 13.4. The highest BCUT2D eigenvalue weighted by atomic mass is 16.7. The quantitative estimate of drug-likeness (QED) is 0.0204. The van der Waals surface area contributed by atoms with Gasteiger partial charge < -0.3 is 65.1 Å². The first-order valence-corrected chi connectivity index (χ1v) is 46.1. The number of carbonyl (C=O) groups is 1. The van der Waals surface area contributed by atoms with Crippen LogP contribution in [0, 0.1) is 0 Å². The fraction of sp³-hybridized carbons (Fsp3) is 0.945. The van der Waals surface area contributed by atoms with Gasteiger partial charge in [-0.05, 0) is 32.1 Å². The molecule has 14 nitrogen and oxygen atoms in total. The van der Waals surface area contributed by atoms with Crippen molar-refractivity contribution >= 4 is 5.91 Å². The predicted molar refractivity (Wildman–Crippen MR) is 438 cm³/mol. The summed E-state index contributed by atoms with van der Waals surface area (Å²) in [5.74, 6) is -0.238. The molecule has 105 heavy (non-hydrogen) atoms. The van der Waals surface area contributed by atoms with E-state index >= 15 is 0 Å². The third-order valence-corrected chi connectivity index (χ3v) is 22.9. The van der Waals surface area contributed by atoms with Crippen LogP contribution in [0.2, 0.25) is 0 Å². The van der Waals surface area contributed by atoms with E-state index in [9.17, 15) is 45.6 Å². The highest BCUT2D eigenvalue weighted by Crippen LogP contribution is 2.31. The second-order valence-electron chi connectivity index (χ2n) is 32.8. The van der Waals surface area contributed by atoms with Gasteiger partial charge in [0.2, 0.25) is 5.91 Å². The fourth-order valence-corrected chi connectivity index (χ4v) is 15.7. The van der Waals surface area contributed by atoms with E-state index in [1.54, 1.807) is 6.08 Å². The van der Waals surface area contributed by atoms with Gasteiger partial charge in [0.1, 0.15) is 48.8 Å². The standard InChI is InChI=1S/C91H175NO13/c1-3-5-7-9-11-13-15-17-19-21-23-25-27-29-31-33-35-37-38-39-40-41-42-43-45-47-49-51-53-55-57-59-61-63-65-67-69-71-73-75-83(96)92-79(78-102-90-88(101)86(99)89(82(77-94)104-90)105-91-87(100)85(98)84(97)81(76-93)103-91)80(95)74-72-70-68-66-64-62-60-58-56-54-52-50-48-46-44-36-34-32-30-28-26-24-22-20-18-16-14-12-10-8-6-4-2/h64,66,72,74,79-82,84-91,93-95,97-101H,3-63,65,67-71,73,75-78H2,1-2H3,(H,92,96)/b66-64+,74-72+. The number of unbranched alkanes of at least 4 members (excludes halogenated alkanes) is 65. The minimum Gasteiger partial charge on any atom is -0.394 e. The SMILES string of the molecule is CCCCCCCCCCCCCCCCCCCCCCCCCCCC/C=C/CC/C=C/C(O)C(COC1OC(CO)C(OC2OC(CO)C(O)C(O)C2O)C(O)C1O)NC(=O)CCCCCCCCCCCCCCCCCCCCCCCCCCCCCCCCCCCCCCCCC. The predicted octanol–water partition coefficient (Wildman–Crippen LogP) is 22.5. The van der Waals surface area contributed by atoms with E-state index in [1.165, 1.54) is 392 Å². The number of aliphatic hydroxyl groups is 8. The summed E-state index contributed by atoms with van der Waals surface area (Å²) in [7, 11) is 0. The number of amides is 1. The summed E-state index contributed by atoms with van der Waals surface area (Å²) in [6.07, 6.45) is 83.2. The molecule has 9 N–H and O–H groups in total. The molecule has 2 fully saturated rings. The summed E-state index contributed by atoms with van der Waals surface area (Å²) >= 11 is 0. The molecule has 1 amide bonds. The second-order valence-corrected chi connectivity index (χ2v) is 32.8. The van der Waals surface area contributed by atoms with Crippen LogP contribution in [0.15, 0.2) is 24.3 Å². The Kier molecular flexibility index (Phi) is 71.3. The van der Waals surface area contributed by atoms with E-state index in [4.69, 9.17) is 18.9 Å². The monoisotopic (exact) mass is 1490 g/mol. The van der Waals surface area contributed by atoms with E-state index in [1.807, 2.05) is 6.08 Å². The first-order valence-electron chi connectivity index (χ1n) is 46.1. The molecule has 0 aromatic carbocycles. The van der Waals surface area contributed by atoms with Gasteiger partial charge in [-0.3, -0.25) is 4.79 Å². The van der Waals surface area contributed by atoms with Gasteiger partial charge in [0.25, 0.3) is 0 Å². The van der Waals surface area contributed by atoms with Gasteiger partial charge in [-0.1, -0.05) is 443 Å². The zero-order valence-corrected chi connectivity index (χ0v) is 68.8. The highest BCUT2D eigenvalue weighted by molar-refractivity contribution is 5.76. The number of rotatable bonds is 80. The van der Waals surface area contributed by atoms with Crippen molar-refractivity contribution < 1.29 is 64.6 Å². The van der Waals surface area contributed by atoms with Crippen molar-refractivity contribution in [1.82, 2.24) is 5.32 Å². The van der Waals surface area contributed by atoms with Gasteiger partial charge in [0, 0.05) is 6.42 Å². The topological polar surface area (TPSA) is 228 Å². The number of ether oxygens (including phenoxy) is 4. The molecule has 0 spiro atoms. The van der Waals surface area contributed by atoms with Crippen molar-refractivity contribution in [3.8, 4) is 0 Å². The van der Waals surface area contributed by atoms with Gasteiger partial charge in [0.05, 0.1) is 32.0 Å². The molecule has 0 bridgehead atoms. The molecule has 2 rings (SSSR count). The molecule has 0 aromatic heterocycles. The minimum atomic E-state index is -1.79. The molecule has 0 radical (unpaired) electrons. The van der Waals surface area contributed by atoms with Crippen molar-refractivity contribution in [2.75, 3.05) is 19.8 Å². The fourth-order valence-electron chi connectivity index (χ4n) is 15.7. The maximum absolute atomic E-state index is 13.4. The van der Waals surface area contributed by atoms with Crippen LogP contribution in [0.4, 0.5) is 0 Å². The van der Waals surface area contributed by atoms with Crippen LogP contribution < -0.4 is 5.32 Å². The largest absolute Gasteiger partial charge is 0.394 e. The van der Waals surface area contributed by atoms with Gasteiger partial charge in [-0.25, -0.2) is 0 Å². The second kappa shape index (κ2) is 75.2. The molecule has 622 valence electrons. The average Bonchev–Trinajstić information content (AvgIpc) is 0.789. The molecule has 0 saturated carbocycles. The zero-order valence-electron chi connectivity index (χ0n) is 68.8. The molecular formula is C91H175NO13. The molecule has 2 aliphatic rings. The zero-order chi connectivity index (χ0) is 75.8. The van der Waals surface area contributed by atoms with E-state index in [2.05, 4.69) is 31.3 Å². The molecule has 12 unspecified atom stereocenters. The Morgan fingerprint density at radius 1 is 0.333 bits per heavy atom. The third-order valence-electron chi connectivity index (χ3n) is 22.9. The summed E-state index contributed by atoms with van der Waals surface area (Å²) in [6.45, 7) is 2.87. The molecule has 2 aliphatic heterocycles. The van der Waals surface area contributed by atoms with Gasteiger partial charge in [0.15, 0.2) is 12.6 Å². The number of nitrogens with one attached hydrogen (secondary N) is 1. The number of aliphatic hydroxyl groups excluding tert-OH is 8. The molecule has 0 aromatic rings. The third kappa shape index (κ3) is 57.2. The Hall–Kier alpha value is -1.53. The van der Waals surface area contributed by atoms with E-state index < -0.39 is 86.8 Å². The lowest BCUT2D eigenvalue weighted by atomic mass is 9.97. The van der Waals surface area contributed by atoms with Crippen molar-refractivity contribution in [2.24, 2.45) is 0 Å². The Morgan fingerprint density at radius 3 is 0.933 bits per heavy atom. The minimum absolute atomic E-state index is 0.238. The first-order chi connectivity index (χ1) is 51.6. The van der Waals surface area contributed by atoms with E-state index in [-0.39, 0.29) is 18.9 Å². The molecule has 12 atom stereocenters. The molecular weight excluding hydrogens is 1310 g/mol. The van der Waals surface area contributed by atoms with Crippen LogP contribution in [-0.2, 0) is 23.7 Å². The summed E-state index contributed by atoms with van der Waals surface area (Å²) in [5.41, 5.74) is 0. The molecule has 14 heteroatoms. The van der Waals surface area contributed by atoms with Crippen molar-refractivity contribution in [3.63, 3.8) is 0 Å². The molecule has 2 heterocycles. The summed E-state index contributed by atoms with van der Waals surface area (Å²) < 4.78 is 23.0. The number of allylic oxidation sites excluding steroid dienone is 3. The summed E-state index contributed by atoms with van der Waals surface area (Å²) in [5, 5.41) is 87.8. The number of carbonyl (C=O) groups excluding carboxylic acids is 1. The number of hydrogen-bond donors (Lipinski definition) is 9. The van der Waals surface area contributed by atoms with Crippen molar-refractivity contribution in [2.45, 2.75) is 530 Å². The van der Waals surface area contributed by atoms with Crippen LogP contribution >= 0.6 is 0 Å². The Balaban J connectivity index is 1.56. The maximum Gasteiger partial charge on any atom is 0.220 e. The normalized spacial score (nSPS) is 21.4. The van der Waals surface area contributed by atoms with E-state index in [0.717, 1.165) is 32.1 Å². The first kappa shape index (κ1) is 99.5. The van der Waals surface area contributed by atoms with Crippen LogP contribution in [0.1, 0.15) is 457 Å². The summed E-state index contributed by atoms with van der Waals surface area (Å²) in [6, 6.07) is -0.931. The van der Waals surface area contributed by atoms with Gasteiger partial charge in [-0.2, -0.15) is 0 Å². The van der Waals surface area contributed by atoms with Gasteiger partial charge >= 0.3 is 0 Å². The van der Waals surface area contributed by atoms with Crippen LogP contribution in [0.5, 0.6) is 0 Å².